The zero-order valence-corrected chi connectivity index (χ0v) is 16.4. The topological polar surface area (TPSA) is 63.7 Å². The van der Waals surface area contributed by atoms with Gasteiger partial charge in [-0.2, -0.15) is 0 Å². The number of carbonyl (C=O) groups is 1. The van der Waals surface area contributed by atoms with Crippen molar-refractivity contribution in [2.24, 2.45) is 0 Å². The molecular formula is C19H20ClNO4S. The fourth-order valence-electron chi connectivity index (χ4n) is 3.02. The average Bonchev–Trinajstić information content (AvgIpc) is 2.98. The van der Waals surface area contributed by atoms with Gasteiger partial charge in [-0.1, -0.05) is 23.7 Å². The molecule has 0 spiro atoms. The number of benzene rings is 2. The average molecular weight is 394 g/mol. The van der Waals surface area contributed by atoms with E-state index in [1.165, 1.54) is 18.2 Å². The molecule has 1 heterocycles. The van der Waals surface area contributed by atoms with E-state index < -0.39 is 9.84 Å². The smallest absolute Gasteiger partial charge is 0.262 e. The van der Waals surface area contributed by atoms with Gasteiger partial charge in [0.1, 0.15) is 5.75 Å². The quantitative estimate of drug-likeness (QED) is 0.793. The first-order chi connectivity index (χ1) is 12.2. The van der Waals surface area contributed by atoms with Crippen LogP contribution in [0.15, 0.2) is 41.3 Å². The largest absolute Gasteiger partial charge is 0.490 e. The van der Waals surface area contributed by atoms with E-state index in [0.29, 0.717) is 29.4 Å². The Hall–Kier alpha value is -2.05. The Balaban J connectivity index is 2.09. The lowest BCUT2D eigenvalue weighted by atomic mass is 10.1. The van der Waals surface area contributed by atoms with Gasteiger partial charge in [0.15, 0.2) is 9.84 Å². The van der Waals surface area contributed by atoms with Gasteiger partial charge in [-0.05, 0) is 50.1 Å². The van der Waals surface area contributed by atoms with E-state index in [-0.39, 0.29) is 22.5 Å². The molecule has 0 saturated heterocycles. The number of halogens is 1. The molecule has 1 amide bonds. The molecule has 0 fully saturated rings. The van der Waals surface area contributed by atoms with Crippen LogP contribution in [0.4, 0.5) is 5.69 Å². The number of nitrogens with zero attached hydrogens (tertiary/aromatic N) is 1. The first-order valence-electron chi connectivity index (χ1n) is 8.28. The third-order valence-corrected chi connectivity index (χ3v) is 5.58. The monoisotopic (exact) mass is 393 g/mol. The fraction of sp³-hybridized carbons (Fsp3) is 0.316. The van der Waals surface area contributed by atoms with Crippen LogP contribution in [-0.2, 0) is 16.3 Å². The number of fused-ring (bicyclic) bond motifs is 1. The van der Waals surface area contributed by atoms with Crippen LogP contribution in [0.2, 0.25) is 5.02 Å². The van der Waals surface area contributed by atoms with Crippen LogP contribution in [0.25, 0.3) is 0 Å². The van der Waals surface area contributed by atoms with Gasteiger partial charge >= 0.3 is 0 Å². The molecule has 3 rings (SSSR count). The third kappa shape index (κ3) is 3.57. The van der Waals surface area contributed by atoms with Crippen molar-refractivity contribution >= 4 is 33.0 Å². The second kappa shape index (κ2) is 6.93. The van der Waals surface area contributed by atoms with E-state index in [1.807, 2.05) is 26.0 Å². The number of carbonyl (C=O) groups excluding carboxylic acids is 1. The normalized spacial score (nSPS) is 13.8. The van der Waals surface area contributed by atoms with Crippen molar-refractivity contribution in [2.75, 3.05) is 17.7 Å². The van der Waals surface area contributed by atoms with E-state index in [4.69, 9.17) is 16.3 Å². The summed E-state index contributed by atoms with van der Waals surface area (Å²) in [7, 11) is -3.45. The molecule has 0 unspecified atom stereocenters. The molecule has 2 aromatic rings. The molecule has 2 aromatic carbocycles. The second-order valence-corrected chi connectivity index (χ2v) is 8.97. The highest BCUT2D eigenvalue weighted by atomic mass is 35.5. The molecule has 138 valence electrons. The Kier molecular flexibility index (Phi) is 4.99. The molecule has 1 aliphatic rings. The number of sulfone groups is 1. The summed E-state index contributed by atoms with van der Waals surface area (Å²) >= 11 is 6.30. The lowest BCUT2D eigenvalue weighted by Crippen LogP contribution is -2.30. The first-order valence-corrected chi connectivity index (χ1v) is 10.6. The van der Waals surface area contributed by atoms with Crippen LogP contribution >= 0.6 is 11.6 Å². The zero-order chi connectivity index (χ0) is 19.1. The van der Waals surface area contributed by atoms with Crippen molar-refractivity contribution in [1.29, 1.82) is 0 Å². The van der Waals surface area contributed by atoms with Crippen LogP contribution in [-0.4, -0.2) is 33.2 Å². The van der Waals surface area contributed by atoms with Crippen molar-refractivity contribution in [2.45, 2.75) is 31.3 Å². The Morgan fingerprint density at radius 3 is 2.62 bits per heavy atom. The van der Waals surface area contributed by atoms with Crippen molar-refractivity contribution in [3.05, 3.63) is 52.5 Å². The predicted molar refractivity (Wildman–Crippen MR) is 102 cm³/mol. The Bertz CT molecular complexity index is 969. The van der Waals surface area contributed by atoms with Gasteiger partial charge in [-0.25, -0.2) is 8.42 Å². The zero-order valence-electron chi connectivity index (χ0n) is 14.8. The van der Waals surface area contributed by atoms with Crippen LogP contribution in [0.1, 0.15) is 29.8 Å². The van der Waals surface area contributed by atoms with Gasteiger partial charge < -0.3 is 9.64 Å². The molecule has 0 atom stereocenters. The number of amides is 1. The van der Waals surface area contributed by atoms with Gasteiger partial charge in [0.25, 0.3) is 5.91 Å². The van der Waals surface area contributed by atoms with Crippen molar-refractivity contribution in [1.82, 2.24) is 0 Å². The summed E-state index contributed by atoms with van der Waals surface area (Å²) in [6.07, 6.45) is 1.66. The van der Waals surface area contributed by atoms with Gasteiger partial charge in [0.2, 0.25) is 0 Å². The molecule has 5 nitrogen and oxygen atoms in total. The highest BCUT2D eigenvalue weighted by Gasteiger charge is 2.30. The van der Waals surface area contributed by atoms with Gasteiger partial charge in [0, 0.05) is 12.8 Å². The maximum Gasteiger partial charge on any atom is 0.262 e. The summed E-state index contributed by atoms with van der Waals surface area (Å²) in [5.74, 6) is 0.0379. The summed E-state index contributed by atoms with van der Waals surface area (Å²) in [6, 6.07) is 9.90. The summed E-state index contributed by atoms with van der Waals surface area (Å²) < 4.78 is 29.6. The number of para-hydroxylation sites is 1. The number of rotatable bonds is 4. The van der Waals surface area contributed by atoms with Gasteiger partial charge in [0.05, 0.1) is 27.3 Å². The van der Waals surface area contributed by atoms with E-state index in [1.54, 1.807) is 11.0 Å². The summed E-state index contributed by atoms with van der Waals surface area (Å²) in [6.45, 7) is 4.18. The fourth-order valence-corrected chi connectivity index (χ4v) is 3.96. The van der Waals surface area contributed by atoms with E-state index in [9.17, 15) is 13.2 Å². The molecule has 0 bridgehead atoms. The third-order valence-electron chi connectivity index (χ3n) is 4.16. The van der Waals surface area contributed by atoms with E-state index in [0.717, 1.165) is 11.8 Å². The minimum absolute atomic E-state index is 0.0792. The minimum Gasteiger partial charge on any atom is -0.490 e. The van der Waals surface area contributed by atoms with Crippen LogP contribution in [0.3, 0.4) is 0 Å². The number of hydrogen-bond acceptors (Lipinski definition) is 4. The molecule has 0 aromatic heterocycles. The van der Waals surface area contributed by atoms with Crippen LogP contribution in [0.5, 0.6) is 5.75 Å². The maximum absolute atomic E-state index is 13.2. The highest BCUT2D eigenvalue weighted by molar-refractivity contribution is 7.90. The van der Waals surface area contributed by atoms with Gasteiger partial charge in [-0.3, -0.25) is 4.79 Å². The summed E-state index contributed by atoms with van der Waals surface area (Å²) in [5.41, 5.74) is 1.89. The lowest BCUT2D eigenvalue weighted by molar-refractivity contribution is 0.0983. The summed E-state index contributed by atoms with van der Waals surface area (Å²) in [4.78, 5) is 14.9. The second-order valence-electron chi connectivity index (χ2n) is 6.55. The molecule has 1 aliphatic heterocycles. The number of ether oxygens (including phenoxy) is 1. The van der Waals surface area contributed by atoms with E-state index in [2.05, 4.69) is 0 Å². The SMILES string of the molecule is CC(C)Oc1ccc(S(C)(=O)=O)cc1C(=O)N1CCc2cccc(Cl)c21. The number of anilines is 1. The Morgan fingerprint density at radius 2 is 1.96 bits per heavy atom. The standard InChI is InChI=1S/C19H20ClNO4S/c1-12(2)25-17-8-7-14(26(3,23)24)11-15(17)19(22)21-10-9-13-5-4-6-16(20)18(13)21/h4-8,11-12H,9-10H2,1-3H3. The number of hydrogen-bond donors (Lipinski definition) is 0. The van der Waals surface area contributed by atoms with Crippen molar-refractivity contribution in [3.8, 4) is 5.75 Å². The highest BCUT2D eigenvalue weighted by Crippen LogP contribution is 2.37. The van der Waals surface area contributed by atoms with Crippen molar-refractivity contribution < 1.29 is 17.9 Å². The Morgan fingerprint density at radius 1 is 1.23 bits per heavy atom. The maximum atomic E-state index is 13.2. The molecule has 0 N–H and O–H groups in total. The van der Waals surface area contributed by atoms with Crippen LogP contribution < -0.4 is 9.64 Å². The van der Waals surface area contributed by atoms with E-state index >= 15 is 0 Å². The molecular weight excluding hydrogens is 374 g/mol. The minimum atomic E-state index is -3.45. The van der Waals surface area contributed by atoms with Crippen LogP contribution in [0, 0.1) is 0 Å². The molecule has 7 heteroatoms. The predicted octanol–water partition coefficient (Wildman–Crippen LogP) is 3.73. The lowest BCUT2D eigenvalue weighted by Gasteiger charge is -2.21. The molecule has 0 saturated carbocycles. The first kappa shape index (κ1) is 18.7. The molecule has 0 radical (unpaired) electrons. The Labute approximate surface area is 158 Å². The van der Waals surface area contributed by atoms with Crippen molar-refractivity contribution in [3.63, 3.8) is 0 Å². The molecule has 26 heavy (non-hydrogen) atoms. The van der Waals surface area contributed by atoms with Gasteiger partial charge in [-0.15, -0.1) is 0 Å². The summed E-state index contributed by atoms with van der Waals surface area (Å²) in [5, 5.41) is 0.499. The molecule has 0 aliphatic carbocycles.